The molecule has 0 saturated heterocycles. The fourth-order valence-corrected chi connectivity index (χ4v) is 4.10. The molecule has 3 aromatic rings. The van der Waals surface area contributed by atoms with E-state index in [9.17, 15) is 4.39 Å². The van der Waals surface area contributed by atoms with Crippen molar-refractivity contribution in [2.75, 3.05) is 33.9 Å². The summed E-state index contributed by atoms with van der Waals surface area (Å²) in [7, 11) is 3.29. The Labute approximate surface area is 184 Å². The normalized spacial score (nSPS) is 11.8. The van der Waals surface area contributed by atoms with Crippen LogP contribution in [0.2, 0.25) is 5.02 Å². The fraction of sp³-hybridized carbons (Fsp3) is 0.318. The van der Waals surface area contributed by atoms with Crippen molar-refractivity contribution < 1.29 is 13.9 Å². The molecule has 1 aromatic heterocycles. The van der Waals surface area contributed by atoms with Gasteiger partial charge in [0.1, 0.15) is 17.3 Å². The number of rotatable bonds is 10. The van der Waals surface area contributed by atoms with Crippen LogP contribution in [-0.2, 0) is 11.3 Å². The van der Waals surface area contributed by atoms with E-state index in [1.807, 2.05) is 11.4 Å². The second-order valence-corrected chi connectivity index (χ2v) is 7.86. The third-order valence-electron chi connectivity index (χ3n) is 4.51. The first kappa shape index (κ1) is 22.5. The number of halogens is 2. The van der Waals surface area contributed by atoms with Crippen molar-refractivity contribution in [1.82, 2.24) is 9.88 Å². The molecule has 0 fully saturated rings. The first-order valence-corrected chi connectivity index (χ1v) is 10.9. The van der Waals surface area contributed by atoms with Crippen LogP contribution in [0, 0.1) is 5.82 Å². The summed E-state index contributed by atoms with van der Waals surface area (Å²) < 4.78 is 26.0. The Kier molecular flexibility index (Phi) is 8.45. The Hall–Kier alpha value is -2.19. The molecular formula is C22H25ClFN3O2S. The number of nitrogens with zero attached hydrogens (tertiary/aromatic N) is 2. The van der Waals surface area contributed by atoms with E-state index >= 15 is 0 Å². The molecule has 3 rings (SSSR count). The molecule has 0 atom stereocenters. The first-order chi connectivity index (χ1) is 14.6. The van der Waals surface area contributed by atoms with Crippen molar-refractivity contribution in [3.63, 3.8) is 0 Å². The van der Waals surface area contributed by atoms with E-state index in [0.29, 0.717) is 23.1 Å². The largest absolute Gasteiger partial charge is 0.494 e. The topological polar surface area (TPSA) is 47.8 Å². The molecule has 5 nitrogen and oxygen atoms in total. The predicted molar refractivity (Wildman–Crippen MR) is 120 cm³/mol. The quantitative estimate of drug-likeness (QED) is 0.449. The van der Waals surface area contributed by atoms with Crippen LogP contribution >= 0.6 is 22.9 Å². The summed E-state index contributed by atoms with van der Waals surface area (Å²) in [5, 5.41) is 6.00. The lowest BCUT2D eigenvalue weighted by molar-refractivity contribution is 0.199. The Morgan fingerprint density at radius 2 is 1.93 bits per heavy atom. The van der Waals surface area contributed by atoms with Crippen molar-refractivity contribution in [2.45, 2.75) is 13.0 Å². The van der Waals surface area contributed by atoms with Crippen molar-refractivity contribution in [3.05, 3.63) is 63.5 Å². The lowest BCUT2D eigenvalue weighted by Gasteiger charge is -2.10. The predicted octanol–water partition coefficient (Wildman–Crippen LogP) is 4.88. The molecule has 0 saturated carbocycles. The first-order valence-electron chi connectivity index (χ1n) is 9.64. The maximum absolute atomic E-state index is 13.4. The lowest BCUT2D eigenvalue weighted by atomic mass is 10.1. The van der Waals surface area contributed by atoms with Gasteiger partial charge >= 0.3 is 0 Å². The maximum Gasteiger partial charge on any atom is 0.190 e. The van der Waals surface area contributed by atoms with E-state index in [2.05, 4.69) is 9.88 Å². The van der Waals surface area contributed by atoms with Crippen molar-refractivity contribution in [1.29, 1.82) is 0 Å². The lowest BCUT2D eigenvalue weighted by Crippen LogP contribution is -2.23. The van der Waals surface area contributed by atoms with Crippen molar-refractivity contribution >= 4 is 28.6 Å². The van der Waals surface area contributed by atoms with Gasteiger partial charge in [-0.25, -0.2) is 9.38 Å². The van der Waals surface area contributed by atoms with Crippen LogP contribution < -0.4 is 14.9 Å². The van der Waals surface area contributed by atoms with Crippen LogP contribution in [0.25, 0.3) is 11.3 Å². The minimum atomic E-state index is -0.251. The second kappa shape index (κ2) is 11.3. The highest BCUT2D eigenvalue weighted by atomic mass is 35.5. The van der Waals surface area contributed by atoms with E-state index in [4.69, 9.17) is 26.1 Å². The number of hydrogen-bond donors (Lipinski definition) is 1. The minimum Gasteiger partial charge on any atom is -0.494 e. The van der Waals surface area contributed by atoms with Crippen molar-refractivity contribution in [3.8, 4) is 17.0 Å². The number of nitrogens with one attached hydrogen (secondary N) is 1. The number of benzene rings is 2. The molecule has 30 heavy (non-hydrogen) atoms. The summed E-state index contributed by atoms with van der Waals surface area (Å²) in [5.41, 5.74) is 2.66. The van der Waals surface area contributed by atoms with E-state index < -0.39 is 0 Å². The molecule has 160 valence electrons. The van der Waals surface area contributed by atoms with Gasteiger partial charge in [0.25, 0.3) is 0 Å². The minimum absolute atomic E-state index is 0.251. The van der Waals surface area contributed by atoms with Gasteiger partial charge in [-0.05, 0) is 54.9 Å². The smallest absolute Gasteiger partial charge is 0.190 e. The molecule has 0 aliphatic rings. The average Bonchev–Trinajstić information content (AvgIpc) is 3.14. The summed E-state index contributed by atoms with van der Waals surface area (Å²) in [6, 6.07) is 11.9. The van der Waals surface area contributed by atoms with Crippen LogP contribution in [0.1, 0.15) is 6.42 Å². The Morgan fingerprint density at radius 3 is 2.67 bits per heavy atom. The zero-order valence-corrected chi connectivity index (χ0v) is 18.6. The molecule has 0 unspecified atom stereocenters. The van der Waals surface area contributed by atoms with Crippen LogP contribution in [0.3, 0.4) is 0 Å². The van der Waals surface area contributed by atoms with Gasteiger partial charge in [-0.2, -0.15) is 0 Å². The van der Waals surface area contributed by atoms with Crippen LogP contribution in [-0.4, -0.2) is 38.5 Å². The molecule has 0 radical (unpaired) electrons. The van der Waals surface area contributed by atoms with E-state index in [1.165, 1.54) is 23.5 Å². The van der Waals surface area contributed by atoms with Gasteiger partial charge in [-0.15, -0.1) is 11.3 Å². The highest BCUT2D eigenvalue weighted by Crippen LogP contribution is 2.30. The number of aromatic nitrogens is 1. The van der Waals surface area contributed by atoms with Crippen LogP contribution in [0.4, 0.5) is 10.1 Å². The molecule has 1 heterocycles. The Bertz CT molecular complexity index is 1020. The average molecular weight is 450 g/mol. The van der Waals surface area contributed by atoms with E-state index in [0.717, 1.165) is 42.1 Å². The molecule has 0 spiro atoms. The zero-order valence-electron chi connectivity index (χ0n) is 17.0. The SMILES string of the molecule is COCCNCCCn1c(-c2ccc(F)cc2)cs/c1=N\c1ccc(Cl)cc1OC. The molecule has 1 N–H and O–H groups in total. The van der Waals surface area contributed by atoms with E-state index in [-0.39, 0.29) is 5.82 Å². The highest BCUT2D eigenvalue weighted by molar-refractivity contribution is 7.07. The van der Waals surface area contributed by atoms with Gasteiger partial charge in [0.05, 0.1) is 19.4 Å². The molecule has 0 aliphatic carbocycles. The molecule has 0 amide bonds. The highest BCUT2D eigenvalue weighted by Gasteiger charge is 2.10. The van der Waals surface area contributed by atoms with Crippen LogP contribution in [0.5, 0.6) is 5.75 Å². The molecular weight excluding hydrogens is 425 g/mol. The van der Waals surface area contributed by atoms with Gasteiger partial charge in [0.15, 0.2) is 4.80 Å². The maximum atomic E-state index is 13.4. The number of hydrogen-bond acceptors (Lipinski definition) is 5. The Balaban J connectivity index is 1.93. The van der Waals surface area contributed by atoms with E-state index in [1.54, 1.807) is 38.5 Å². The second-order valence-electron chi connectivity index (χ2n) is 6.59. The molecule has 2 aromatic carbocycles. The summed E-state index contributed by atoms with van der Waals surface area (Å²) >= 11 is 7.62. The van der Waals surface area contributed by atoms with Gasteiger partial charge in [-0.3, -0.25) is 0 Å². The third kappa shape index (κ3) is 5.92. The summed E-state index contributed by atoms with van der Waals surface area (Å²) in [4.78, 5) is 5.67. The standard InChI is InChI=1S/C22H25ClFN3O2S/c1-28-13-11-25-10-3-12-27-20(16-4-7-18(24)8-5-16)15-30-22(27)26-19-9-6-17(23)14-21(19)29-2/h4-9,14-15,25H,3,10-13H2,1-2H3/b26-22-. The van der Waals surface area contributed by atoms with Gasteiger partial charge in [0.2, 0.25) is 0 Å². The zero-order chi connectivity index (χ0) is 21.3. The third-order valence-corrected chi connectivity index (χ3v) is 5.61. The van der Waals surface area contributed by atoms with Gasteiger partial charge in [-0.1, -0.05) is 11.6 Å². The number of ether oxygens (including phenoxy) is 2. The van der Waals surface area contributed by atoms with Crippen LogP contribution in [0.15, 0.2) is 52.8 Å². The van der Waals surface area contributed by atoms with Gasteiger partial charge in [0, 0.05) is 36.7 Å². The summed E-state index contributed by atoms with van der Waals surface area (Å²) in [6.45, 7) is 3.13. The van der Waals surface area contributed by atoms with Crippen molar-refractivity contribution in [2.24, 2.45) is 4.99 Å². The Morgan fingerprint density at radius 1 is 1.13 bits per heavy atom. The molecule has 0 bridgehead atoms. The number of thiazole rings is 1. The fourth-order valence-electron chi connectivity index (χ4n) is 2.99. The number of methoxy groups -OCH3 is 2. The molecule has 8 heteroatoms. The monoisotopic (exact) mass is 449 g/mol. The summed E-state index contributed by atoms with van der Waals surface area (Å²) in [6.07, 6.45) is 0.916. The van der Waals surface area contributed by atoms with Gasteiger partial charge < -0.3 is 19.4 Å². The summed E-state index contributed by atoms with van der Waals surface area (Å²) in [5.74, 6) is 0.366. The molecule has 0 aliphatic heterocycles.